The van der Waals surface area contributed by atoms with E-state index in [0.717, 1.165) is 22.4 Å². The Balaban J connectivity index is 1.83. The molecular formula is C17H13ClN4O. The SMILES string of the molecule is Cn1cc(-c2cccc(Cl)c2C2C=CC3=NC(=O)NC3=C2)cn1. The van der Waals surface area contributed by atoms with Gasteiger partial charge in [0.1, 0.15) is 0 Å². The summed E-state index contributed by atoms with van der Waals surface area (Å²) >= 11 is 6.48. The molecule has 1 atom stereocenters. The minimum atomic E-state index is -0.330. The zero-order valence-electron chi connectivity index (χ0n) is 12.3. The van der Waals surface area contributed by atoms with Gasteiger partial charge >= 0.3 is 6.03 Å². The third kappa shape index (κ3) is 2.39. The van der Waals surface area contributed by atoms with Gasteiger partial charge in [0.15, 0.2) is 0 Å². The number of urea groups is 1. The molecule has 0 spiro atoms. The average molecular weight is 325 g/mol. The number of hydrogen-bond acceptors (Lipinski definition) is 2. The van der Waals surface area contributed by atoms with E-state index in [1.807, 2.05) is 55.9 Å². The van der Waals surface area contributed by atoms with E-state index in [0.29, 0.717) is 10.7 Å². The molecule has 1 aromatic carbocycles. The number of halogens is 1. The predicted octanol–water partition coefficient (Wildman–Crippen LogP) is 3.44. The monoisotopic (exact) mass is 324 g/mol. The second kappa shape index (κ2) is 5.21. The molecule has 2 aromatic rings. The van der Waals surface area contributed by atoms with Crippen molar-refractivity contribution in [3.8, 4) is 11.1 Å². The first-order chi connectivity index (χ1) is 11.1. The molecular weight excluding hydrogens is 312 g/mol. The Hall–Kier alpha value is -2.66. The van der Waals surface area contributed by atoms with E-state index in [9.17, 15) is 4.79 Å². The van der Waals surface area contributed by atoms with Crippen molar-refractivity contribution < 1.29 is 4.79 Å². The molecule has 5 nitrogen and oxygen atoms in total. The number of carbonyl (C=O) groups is 1. The number of benzene rings is 1. The first kappa shape index (κ1) is 14.0. The normalized spacial score (nSPS) is 19.2. The van der Waals surface area contributed by atoms with Crippen LogP contribution in [-0.2, 0) is 7.05 Å². The van der Waals surface area contributed by atoms with Gasteiger partial charge in [0.25, 0.3) is 0 Å². The van der Waals surface area contributed by atoms with Crippen molar-refractivity contribution in [1.82, 2.24) is 15.1 Å². The van der Waals surface area contributed by atoms with Gasteiger partial charge in [-0.2, -0.15) is 10.1 Å². The summed E-state index contributed by atoms with van der Waals surface area (Å²) in [5.41, 5.74) is 4.43. The van der Waals surface area contributed by atoms with Gasteiger partial charge < -0.3 is 5.32 Å². The third-order valence-corrected chi connectivity index (χ3v) is 4.28. The number of amides is 2. The first-order valence-electron chi connectivity index (χ1n) is 7.19. The van der Waals surface area contributed by atoms with E-state index in [2.05, 4.69) is 15.4 Å². The van der Waals surface area contributed by atoms with Crippen molar-refractivity contribution in [2.75, 3.05) is 0 Å². The predicted molar refractivity (Wildman–Crippen MR) is 89.6 cm³/mol. The standard InChI is InChI=1S/C17H13ClN4O/c1-22-9-11(8-19-22)12-3-2-4-13(18)16(12)10-5-6-14-15(7-10)21-17(23)20-14/h2-10H,1H3,(H,21,23). The van der Waals surface area contributed by atoms with Gasteiger partial charge in [0.05, 0.1) is 17.6 Å². The molecule has 6 heteroatoms. The van der Waals surface area contributed by atoms with Crippen LogP contribution in [0, 0.1) is 0 Å². The lowest BCUT2D eigenvalue weighted by atomic mass is 9.87. The number of carbonyl (C=O) groups excluding carboxylic acids is 1. The molecule has 1 aliphatic heterocycles. The van der Waals surface area contributed by atoms with Crippen LogP contribution in [0.15, 0.2) is 59.5 Å². The van der Waals surface area contributed by atoms with Gasteiger partial charge in [-0.25, -0.2) is 4.79 Å². The molecule has 0 bridgehead atoms. The lowest BCUT2D eigenvalue weighted by molar-refractivity contribution is 0.253. The second-order valence-corrected chi connectivity index (χ2v) is 5.90. The van der Waals surface area contributed by atoms with Crippen LogP contribution in [0.4, 0.5) is 4.79 Å². The van der Waals surface area contributed by atoms with Gasteiger partial charge in [-0.15, -0.1) is 0 Å². The highest BCUT2D eigenvalue weighted by atomic mass is 35.5. The first-order valence-corrected chi connectivity index (χ1v) is 7.57. The molecule has 0 fully saturated rings. The minimum Gasteiger partial charge on any atom is -0.304 e. The van der Waals surface area contributed by atoms with Gasteiger partial charge in [0.2, 0.25) is 0 Å². The van der Waals surface area contributed by atoms with E-state index >= 15 is 0 Å². The Kier molecular flexibility index (Phi) is 3.16. The zero-order chi connectivity index (χ0) is 16.0. The van der Waals surface area contributed by atoms with E-state index < -0.39 is 0 Å². The molecule has 1 N–H and O–H groups in total. The number of rotatable bonds is 2. The molecule has 1 aliphatic carbocycles. The highest BCUT2D eigenvalue weighted by Crippen LogP contribution is 2.38. The lowest BCUT2D eigenvalue weighted by Gasteiger charge is -2.19. The fourth-order valence-corrected chi connectivity index (χ4v) is 3.23. The molecule has 2 heterocycles. The molecule has 0 radical (unpaired) electrons. The number of hydrogen-bond donors (Lipinski definition) is 1. The highest BCUT2D eigenvalue weighted by molar-refractivity contribution is 6.32. The Morgan fingerprint density at radius 1 is 1.35 bits per heavy atom. The summed E-state index contributed by atoms with van der Waals surface area (Å²) in [4.78, 5) is 15.3. The molecule has 114 valence electrons. The van der Waals surface area contributed by atoms with E-state index in [-0.39, 0.29) is 11.9 Å². The average Bonchev–Trinajstić information content (AvgIpc) is 3.11. The minimum absolute atomic E-state index is 0.0359. The molecule has 0 saturated carbocycles. The van der Waals surface area contributed by atoms with E-state index in [4.69, 9.17) is 11.6 Å². The molecule has 2 amide bonds. The van der Waals surface area contributed by atoms with Crippen LogP contribution in [-0.4, -0.2) is 21.5 Å². The van der Waals surface area contributed by atoms with Crippen molar-refractivity contribution in [1.29, 1.82) is 0 Å². The van der Waals surface area contributed by atoms with Crippen molar-refractivity contribution in [3.05, 3.63) is 65.1 Å². The molecule has 1 aromatic heterocycles. The Morgan fingerprint density at radius 2 is 2.22 bits per heavy atom. The summed E-state index contributed by atoms with van der Waals surface area (Å²) in [6.07, 6.45) is 9.61. The summed E-state index contributed by atoms with van der Waals surface area (Å²) in [7, 11) is 1.88. The van der Waals surface area contributed by atoms with Gasteiger partial charge in [-0.1, -0.05) is 29.8 Å². The number of fused-ring (bicyclic) bond motifs is 1. The Morgan fingerprint density at radius 3 is 3.00 bits per heavy atom. The molecule has 23 heavy (non-hydrogen) atoms. The molecule has 0 saturated heterocycles. The quantitative estimate of drug-likeness (QED) is 0.920. The molecule has 2 aliphatic rings. The van der Waals surface area contributed by atoms with Gasteiger partial charge in [-0.3, -0.25) is 4.68 Å². The maximum Gasteiger partial charge on any atom is 0.346 e. The van der Waals surface area contributed by atoms with E-state index in [1.165, 1.54) is 0 Å². The summed E-state index contributed by atoms with van der Waals surface area (Å²) in [6, 6.07) is 5.50. The van der Waals surface area contributed by atoms with Crippen molar-refractivity contribution >= 4 is 23.3 Å². The fraction of sp³-hybridized carbons (Fsp3) is 0.118. The van der Waals surface area contributed by atoms with Crippen LogP contribution < -0.4 is 5.32 Å². The summed E-state index contributed by atoms with van der Waals surface area (Å²) in [6.45, 7) is 0. The maximum absolute atomic E-state index is 11.4. The third-order valence-electron chi connectivity index (χ3n) is 3.95. The van der Waals surface area contributed by atoms with E-state index in [1.54, 1.807) is 4.68 Å². The maximum atomic E-state index is 11.4. The van der Waals surface area contributed by atoms with Gasteiger partial charge in [-0.05, 0) is 29.3 Å². The highest BCUT2D eigenvalue weighted by Gasteiger charge is 2.25. The van der Waals surface area contributed by atoms with Crippen LogP contribution >= 0.6 is 11.6 Å². The molecule has 4 rings (SSSR count). The van der Waals surface area contributed by atoms with Crippen molar-refractivity contribution in [2.24, 2.45) is 12.0 Å². The number of aryl methyl sites for hydroxylation is 1. The number of nitrogens with one attached hydrogen (secondary N) is 1. The topological polar surface area (TPSA) is 59.3 Å². The van der Waals surface area contributed by atoms with Crippen LogP contribution in [0.5, 0.6) is 0 Å². The summed E-state index contributed by atoms with van der Waals surface area (Å²) in [5.74, 6) is -0.0359. The largest absolute Gasteiger partial charge is 0.346 e. The fourth-order valence-electron chi connectivity index (χ4n) is 2.93. The van der Waals surface area contributed by atoms with Crippen LogP contribution in [0.2, 0.25) is 5.02 Å². The summed E-state index contributed by atoms with van der Waals surface area (Å²) in [5, 5.41) is 7.67. The summed E-state index contributed by atoms with van der Waals surface area (Å²) < 4.78 is 1.76. The Labute approximate surface area is 138 Å². The van der Waals surface area contributed by atoms with Gasteiger partial charge in [0, 0.05) is 29.7 Å². The second-order valence-electron chi connectivity index (χ2n) is 5.50. The number of aliphatic imine (C=N–C) groups is 1. The van der Waals surface area contributed by atoms with Crippen LogP contribution in [0.25, 0.3) is 11.1 Å². The number of aromatic nitrogens is 2. The number of allylic oxidation sites excluding steroid dienone is 3. The lowest BCUT2D eigenvalue weighted by Crippen LogP contribution is -2.17. The van der Waals surface area contributed by atoms with Crippen LogP contribution in [0.1, 0.15) is 11.5 Å². The molecule has 1 unspecified atom stereocenters. The zero-order valence-corrected chi connectivity index (χ0v) is 13.1. The van der Waals surface area contributed by atoms with Crippen molar-refractivity contribution in [3.63, 3.8) is 0 Å². The van der Waals surface area contributed by atoms with Crippen LogP contribution in [0.3, 0.4) is 0 Å². The Bertz CT molecular complexity index is 907. The number of nitrogens with zero attached hydrogens (tertiary/aromatic N) is 3. The van der Waals surface area contributed by atoms with Crippen molar-refractivity contribution in [2.45, 2.75) is 5.92 Å². The smallest absolute Gasteiger partial charge is 0.304 e.